The Morgan fingerprint density at radius 2 is 1.93 bits per heavy atom. The van der Waals surface area contributed by atoms with Crippen molar-refractivity contribution in [1.29, 1.82) is 0 Å². The van der Waals surface area contributed by atoms with Crippen LogP contribution in [-0.4, -0.2) is 35.7 Å². The van der Waals surface area contributed by atoms with Crippen molar-refractivity contribution in [2.45, 2.75) is 49.9 Å². The van der Waals surface area contributed by atoms with E-state index in [1.54, 1.807) is 4.68 Å². The number of hydrogen-bond donors (Lipinski definition) is 1. The van der Waals surface area contributed by atoms with Gasteiger partial charge in [-0.05, 0) is 45.7 Å². The predicted molar refractivity (Wildman–Crippen MR) is 110 cm³/mol. The molecule has 0 spiro atoms. The molecule has 1 aliphatic rings. The first-order valence-corrected chi connectivity index (χ1v) is 10.3. The van der Waals surface area contributed by atoms with Crippen LogP contribution >= 0.6 is 11.8 Å². The summed E-state index contributed by atoms with van der Waals surface area (Å²) in [6.45, 7) is 5.73. The van der Waals surface area contributed by atoms with E-state index in [4.69, 9.17) is 0 Å². The summed E-state index contributed by atoms with van der Waals surface area (Å²) in [5.41, 5.74) is 3.56. The highest BCUT2D eigenvalue weighted by atomic mass is 32.2. The second kappa shape index (κ2) is 7.43. The molecule has 1 saturated carbocycles. The van der Waals surface area contributed by atoms with Crippen LogP contribution in [0.5, 0.6) is 0 Å². The smallest absolute Gasteiger partial charge is 0.237 e. The number of para-hydroxylation sites is 1. The Bertz CT molecular complexity index is 1010. The minimum absolute atomic E-state index is 0.0696. The summed E-state index contributed by atoms with van der Waals surface area (Å²) in [6, 6.07) is 10.1. The van der Waals surface area contributed by atoms with Crippen molar-refractivity contribution >= 4 is 23.4 Å². The lowest BCUT2D eigenvalue weighted by Crippen LogP contribution is -2.23. The van der Waals surface area contributed by atoms with Gasteiger partial charge < -0.3 is 5.32 Å². The van der Waals surface area contributed by atoms with Gasteiger partial charge in [-0.3, -0.25) is 14.0 Å². The third kappa shape index (κ3) is 3.56. The maximum absolute atomic E-state index is 12.8. The number of nitrogens with zero attached hydrogens (tertiary/aromatic N) is 5. The molecule has 28 heavy (non-hydrogen) atoms. The number of thioether (sulfide) groups is 1. The van der Waals surface area contributed by atoms with Crippen LogP contribution in [0.2, 0.25) is 0 Å². The van der Waals surface area contributed by atoms with Gasteiger partial charge in [0.15, 0.2) is 5.16 Å². The molecule has 0 saturated heterocycles. The molecule has 4 rings (SSSR count). The molecular formula is C20H24N6OS. The summed E-state index contributed by atoms with van der Waals surface area (Å²) in [6.07, 6.45) is 2.29. The lowest BCUT2D eigenvalue weighted by atomic mass is 10.3. The molecular weight excluding hydrogens is 372 g/mol. The first-order chi connectivity index (χ1) is 13.5. The van der Waals surface area contributed by atoms with E-state index < -0.39 is 0 Å². The minimum atomic E-state index is -0.322. The Balaban J connectivity index is 1.56. The zero-order chi connectivity index (χ0) is 19.8. The van der Waals surface area contributed by atoms with Crippen molar-refractivity contribution in [3.8, 4) is 5.69 Å². The van der Waals surface area contributed by atoms with Crippen LogP contribution in [0.15, 0.2) is 35.5 Å². The standard InChI is InChI=1S/C20H24N6OS/c1-12-17(13(2)25(4)24-12)21-19(27)14(3)28-20-23-22-18(15-10-11-15)26(20)16-8-6-5-7-9-16/h5-9,14-15H,10-11H2,1-4H3,(H,21,27)/t14-/m0/s1. The number of rotatable bonds is 6. The number of aromatic nitrogens is 5. The molecule has 1 atom stereocenters. The Morgan fingerprint density at radius 1 is 1.21 bits per heavy atom. The van der Waals surface area contributed by atoms with Gasteiger partial charge in [-0.15, -0.1) is 10.2 Å². The van der Waals surface area contributed by atoms with Crippen LogP contribution in [0.4, 0.5) is 5.69 Å². The molecule has 0 radical (unpaired) electrons. The van der Waals surface area contributed by atoms with E-state index in [2.05, 4.69) is 25.2 Å². The van der Waals surface area contributed by atoms with E-state index in [9.17, 15) is 4.79 Å². The molecule has 146 valence electrons. The first-order valence-electron chi connectivity index (χ1n) is 9.44. The van der Waals surface area contributed by atoms with Gasteiger partial charge in [0.25, 0.3) is 0 Å². The zero-order valence-electron chi connectivity index (χ0n) is 16.5. The predicted octanol–water partition coefficient (Wildman–Crippen LogP) is 3.61. The second-order valence-electron chi connectivity index (χ2n) is 7.20. The van der Waals surface area contributed by atoms with Crippen LogP contribution in [0.25, 0.3) is 5.69 Å². The van der Waals surface area contributed by atoms with Crippen LogP contribution in [-0.2, 0) is 11.8 Å². The Kier molecular flexibility index (Phi) is 4.97. The molecule has 8 heteroatoms. The summed E-state index contributed by atoms with van der Waals surface area (Å²) in [5.74, 6) is 1.38. The number of amides is 1. The molecule has 2 aromatic heterocycles. The average Bonchev–Trinajstić information content (AvgIpc) is 3.41. The van der Waals surface area contributed by atoms with Crippen molar-refractivity contribution in [3.63, 3.8) is 0 Å². The fraction of sp³-hybridized carbons (Fsp3) is 0.400. The molecule has 1 N–H and O–H groups in total. The maximum Gasteiger partial charge on any atom is 0.237 e. The molecule has 7 nitrogen and oxygen atoms in total. The molecule has 1 aliphatic carbocycles. The van der Waals surface area contributed by atoms with Crippen LogP contribution in [0.1, 0.15) is 42.9 Å². The van der Waals surface area contributed by atoms with Gasteiger partial charge in [0.05, 0.1) is 22.3 Å². The van der Waals surface area contributed by atoms with Gasteiger partial charge >= 0.3 is 0 Å². The quantitative estimate of drug-likeness (QED) is 0.644. The third-order valence-corrected chi connectivity index (χ3v) is 6.07. The van der Waals surface area contributed by atoms with Crippen molar-refractivity contribution in [2.75, 3.05) is 5.32 Å². The highest BCUT2D eigenvalue weighted by Crippen LogP contribution is 2.41. The van der Waals surface area contributed by atoms with E-state index >= 15 is 0 Å². The molecule has 1 amide bonds. The Morgan fingerprint density at radius 3 is 2.54 bits per heavy atom. The van der Waals surface area contributed by atoms with Gasteiger partial charge in [0.2, 0.25) is 5.91 Å². The van der Waals surface area contributed by atoms with E-state index in [0.717, 1.165) is 46.6 Å². The van der Waals surface area contributed by atoms with Crippen molar-refractivity contribution in [3.05, 3.63) is 47.5 Å². The van der Waals surface area contributed by atoms with Gasteiger partial charge in [0, 0.05) is 18.7 Å². The van der Waals surface area contributed by atoms with Crippen molar-refractivity contribution in [2.24, 2.45) is 7.05 Å². The van der Waals surface area contributed by atoms with Crippen LogP contribution in [0, 0.1) is 13.8 Å². The highest BCUT2D eigenvalue weighted by Gasteiger charge is 2.32. The lowest BCUT2D eigenvalue weighted by molar-refractivity contribution is -0.115. The molecule has 1 fully saturated rings. The van der Waals surface area contributed by atoms with E-state index in [0.29, 0.717) is 5.92 Å². The molecule has 0 unspecified atom stereocenters. The normalized spacial score (nSPS) is 14.9. The number of aryl methyl sites for hydroxylation is 2. The SMILES string of the molecule is Cc1nn(C)c(C)c1NC(=O)[C@H](C)Sc1nnc(C2CC2)n1-c1ccccc1. The lowest BCUT2D eigenvalue weighted by Gasteiger charge is -2.14. The molecule has 0 aliphatic heterocycles. The van der Waals surface area contributed by atoms with Crippen LogP contribution in [0.3, 0.4) is 0 Å². The number of anilines is 1. The van der Waals surface area contributed by atoms with E-state index in [1.165, 1.54) is 11.8 Å². The fourth-order valence-electron chi connectivity index (χ4n) is 3.17. The summed E-state index contributed by atoms with van der Waals surface area (Å²) in [7, 11) is 1.87. The van der Waals surface area contributed by atoms with Gasteiger partial charge in [-0.2, -0.15) is 5.10 Å². The Hall–Kier alpha value is -2.61. The largest absolute Gasteiger partial charge is 0.322 e. The maximum atomic E-state index is 12.8. The highest BCUT2D eigenvalue weighted by molar-refractivity contribution is 8.00. The Labute approximate surface area is 168 Å². The fourth-order valence-corrected chi connectivity index (χ4v) is 4.05. The summed E-state index contributed by atoms with van der Waals surface area (Å²) in [5, 5.41) is 16.6. The molecule has 3 aromatic rings. The number of hydrogen-bond acceptors (Lipinski definition) is 5. The summed E-state index contributed by atoms with van der Waals surface area (Å²) < 4.78 is 3.86. The number of carbonyl (C=O) groups excluding carboxylic acids is 1. The number of benzene rings is 1. The monoisotopic (exact) mass is 396 g/mol. The second-order valence-corrected chi connectivity index (χ2v) is 8.51. The van der Waals surface area contributed by atoms with Gasteiger partial charge in [-0.1, -0.05) is 30.0 Å². The first kappa shape index (κ1) is 18.7. The number of nitrogens with one attached hydrogen (secondary N) is 1. The molecule has 0 bridgehead atoms. The van der Waals surface area contributed by atoms with Crippen molar-refractivity contribution < 1.29 is 4.79 Å². The molecule has 2 heterocycles. The van der Waals surface area contributed by atoms with E-state index in [-0.39, 0.29) is 11.2 Å². The average molecular weight is 397 g/mol. The zero-order valence-corrected chi connectivity index (χ0v) is 17.3. The van der Waals surface area contributed by atoms with Crippen LogP contribution < -0.4 is 5.32 Å². The van der Waals surface area contributed by atoms with Gasteiger partial charge in [0.1, 0.15) is 5.82 Å². The van der Waals surface area contributed by atoms with Gasteiger partial charge in [-0.25, -0.2) is 0 Å². The van der Waals surface area contributed by atoms with E-state index in [1.807, 2.05) is 58.2 Å². The third-order valence-electron chi connectivity index (χ3n) is 5.02. The summed E-state index contributed by atoms with van der Waals surface area (Å²) >= 11 is 1.43. The summed E-state index contributed by atoms with van der Waals surface area (Å²) in [4.78, 5) is 12.8. The number of carbonyl (C=O) groups is 1. The minimum Gasteiger partial charge on any atom is -0.322 e. The van der Waals surface area contributed by atoms with Crippen molar-refractivity contribution in [1.82, 2.24) is 24.5 Å². The topological polar surface area (TPSA) is 77.6 Å². The molecule has 1 aromatic carbocycles.